The lowest BCUT2D eigenvalue weighted by Crippen LogP contribution is -2.00. The zero-order valence-electron chi connectivity index (χ0n) is 10.5. The van der Waals surface area contributed by atoms with E-state index in [1.165, 1.54) is 16.7 Å². The molecule has 17 heavy (non-hydrogen) atoms. The van der Waals surface area contributed by atoms with Gasteiger partial charge in [0, 0.05) is 12.6 Å². The van der Waals surface area contributed by atoms with E-state index >= 15 is 0 Å². The van der Waals surface area contributed by atoms with Crippen LogP contribution in [0.2, 0.25) is 5.15 Å². The van der Waals surface area contributed by atoms with Crippen molar-refractivity contribution >= 4 is 17.5 Å². The molecule has 0 bridgehead atoms. The highest BCUT2D eigenvalue weighted by molar-refractivity contribution is 6.32. The quantitative estimate of drug-likeness (QED) is 0.843. The van der Waals surface area contributed by atoms with Crippen LogP contribution in [0.3, 0.4) is 0 Å². The number of benzene rings is 1. The summed E-state index contributed by atoms with van der Waals surface area (Å²) in [5.74, 6) is 0.433. The molecule has 1 heterocycles. The standard InChI is InChI=1S/C13H16ClN3/c1-7-5-9(3)10(6-8(7)2)11-12(14)16-13(15)17(11)4/h5-6H,1-4H3,(H2,15,16). The lowest BCUT2D eigenvalue weighted by Gasteiger charge is -2.11. The van der Waals surface area contributed by atoms with Crippen LogP contribution < -0.4 is 5.73 Å². The van der Waals surface area contributed by atoms with Crippen LogP contribution in [-0.4, -0.2) is 9.55 Å². The summed E-state index contributed by atoms with van der Waals surface area (Å²) in [6.45, 7) is 6.26. The highest BCUT2D eigenvalue weighted by Gasteiger charge is 2.15. The van der Waals surface area contributed by atoms with Crippen LogP contribution in [0.15, 0.2) is 12.1 Å². The Bertz CT molecular complexity index is 585. The van der Waals surface area contributed by atoms with Gasteiger partial charge in [0.05, 0.1) is 5.69 Å². The maximum Gasteiger partial charge on any atom is 0.201 e. The normalized spacial score (nSPS) is 10.9. The van der Waals surface area contributed by atoms with Crippen LogP contribution >= 0.6 is 11.6 Å². The molecule has 0 atom stereocenters. The molecular weight excluding hydrogens is 234 g/mol. The summed E-state index contributed by atoms with van der Waals surface area (Å²) in [7, 11) is 1.87. The zero-order chi connectivity index (χ0) is 12.7. The smallest absolute Gasteiger partial charge is 0.201 e. The molecule has 0 aliphatic heterocycles. The minimum Gasteiger partial charge on any atom is -0.369 e. The van der Waals surface area contributed by atoms with Gasteiger partial charge in [-0.25, -0.2) is 4.98 Å². The maximum absolute atomic E-state index is 6.14. The third-order valence-corrected chi connectivity index (χ3v) is 3.45. The highest BCUT2D eigenvalue weighted by Crippen LogP contribution is 2.32. The van der Waals surface area contributed by atoms with Gasteiger partial charge in [0.1, 0.15) is 0 Å². The van der Waals surface area contributed by atoms with E-state index in [1.807, 2.05) is 11.6 Å². The van der Waals surface area contributed by atoms with Crippen LogP contribution in [-0.2, 0) is 7.05 Å². The lowest BCUT2D eigenvalue weighted by molar-refractivity contribution is 0.936. The Morgan fingerprint density at radius 1 is 1.12 bits per heavy atom. The summed E-state index contributed by atoms with van der Waals surface area (Å²) >= 11 is 6.14. The van der Waals surface area contributed by atoms with E-state index < -0.39 is 0 Å². The van der Waals surface area contributed by atoms with Crippen molar-refractivity contribution in [3.63, 3.8) is 0 Å². The van der Waals surface area contributed by atoms with Crippen LogP contribution in [0.25, 0.3) is 11.3 Å². The van der Waals surface area contributed by atoms with Crippen molar-refractivity contribution in [1.82, 2.24) is 9.55 Å². The van der Waals surface area contributed by atoms with Crippen LogP contribution in [0.5, 0.6) is 0 Å². The number of aryl methyl sites for hydroxylation is 3. The largest absolute Gasteiger partial charge is 0.369 e. The second-order valence-corrected chi connectivity index (χ2v) is 4.78. The van der Waals surface area contributed by atoms with Crippen molar-refractivity contribution in [2.75, 3.05) is 5.73 Å². The molecule has 4 heteroatoms. The topological polar surface area (TPSA) is 43.8 Å². The second-order valence-electron chi connectivity index (χ2n) is 4.42. The first-order valence-electron chi connectivity index (χ1n) is 5.47. The molecule has 0 saturated heterocycles. The zero-order valence-corrected chi connectivity index (χ0v) is 11.3. The first kappa shape index (κ1) is 12.0. The number of anilines is 1. The van der Waals surface area contributed by atoms with Gasteiger partial charge in [0.15, 0.2) is 5.15 Å². The van der Waals surface area contributed by atoms with E-state index in [1.54, 1.807) is 0 Å². The molecular formula is C13H16ClN3. The Balaban J connectivity index is 2.72. The average molecular weight is 250 g/mol. The Hall–Kier alpha value is -1.48. The van der Waals surface area contributed by atoms with Gasteiger partial charge in [-0.1, -0.05) is 17.7 Å². The molecule has 0 saturated carbocycles. The second kappa shape index (κ2) is 4.08. The highest BCUT2D eigenvalue weighted by atomic mass is 35.5. The molecule has 90 valence electrons. The summed E-state index contributed by atoms with van der Waals surface area (Å²) in [5.41, 5.74) is 11.4. The molecule has 2 N–H and O–H groups in total. The Kier molecular flexibility index (Phi) is 2.87. The van der Waals surface area contributed by atoms with Gasteiger partial charge in [0.2, 0.25) is 5.95 Å². The predicted octanol–water partition coefficient (Wildman–Crippen LogP) is 3.25. The summed E-state index contributed by atoms with van der Waals surface area (Å²) in [5, 5.41) is 0.455. The molecule has 0 aliphatic rings. The first-order valence-corrected chi connectivity index (χ1v) is 5.85. The third kappa shape index (κ3) is 1.91. The van der Waals surface area contributed by atoms with Crippen LogP contribution in [0.4, 0.5) is 5.95 Å². The van der Waals surface area contributed by atoms with Crippen LogP contribution in [0.1, 0.15) is 16.7 Å². The van der Waals surface area contributed by atoms with Crippen molar-refractivity contribution in [3.8, 4) is 11.3 Å². The molecule has 0 unspecified atom stereocenters. The minimum absolute atomic E-state index is 0.433. The summed E-state index contributed by atoms with van der Waals surface area (Å²) in [6, 6.07) is 4.29. The number of nitrogens with zero attached hydrogens (tertiary/aromatic N) is 2. The molecule has 1 aromatic carbocycles. The minimum atomic E-state index is 0.433. The van der Waals surface area contributed by atoms with Gasteiger partial charge >= 0.3 is 0 Å². The number of halogens is 1. The van der Waals surface area contributed by atoms with Gasteiger partial charge in [-0.2, -0.15) is 0 Å². The monoisotopic (exact) mass is 249 g/mol. The lowest BCUT2D eigenvalue weighted by atomic mass is 9.99. The molecule has 3 nitrogen and oxygen atoms in total. The SMILES string of the molecule is Cc1cc(C)c(-c2c(Cl)nc(N)n2C)cc1C. The fourth-order valence-electron chi connectivity index (χ4n) is 1.99. The van der Waals surface area contributed by atoms with E-state index in [-0.39, 0.29) is 0 Å². The number of imidazole rings is 1. The Morgan fingerprint density at radius 3 is 2.24 bits per heavy atom. The number of hydrogen-bond donors (Lipinski definition) is 1. The van der Waals surface area contributed by atoms with E-state index in [9.17, 15) is 0 Å². The number of hydrogen-bond acceptors (Lipinski definition) is 2. The molecule has 0 amide bonds. The third-order valence-electron chi connectivity index (χ3n) is 3.18. The average Bonchev–Trinajstić information content (AvgIpc) is 2.48. The first-order chi connectivity index (χ1) is 7.91. The van der Waals surface area contributed by atoms with Gasteiger partial charge in [0.25, 0.3) is 0 Å². The van der Waals surface area contributed by atoms with Crippen molar-refractivity contribution in [2.24, 2.45) is 7.05 Å². The van der Waals surface area contributed by atoms with Crippen molar-refractivity contribution < 1.29 is 0 Å². The molecule has 0 aliphatic carbocycles. The molecule has 0 spiro atoms. The van der Waals surface area contributed by atoms with E-state index in [0.29, 0.717) is 11.1 Å². The Morgan fingerprint density at radius 2 is 1.71 bits per heavy atom. The molecule has 1 aromatic heterocycles. The van der Waals surface area contributed by atoms with Crippen molar-refractivity contribution in [1.29, 1.82) is 0 Å². The fourth-order valence-corrected chi connectivity index (χ4v) is 2.30. The van der Waals surface area contributed by atoms with E-state index in [2.05, 4.69) is 37.9 Å². The number of aromatic nitrogens is 2. The number of nitrogen functional groups attached to an aromatic ring is 1. The predicted molar refractivity (Wildman–Crippen MR) is 72.3 cm³/mol. The van der Waals surface area contributed by atoms with Gasteiger partial charge in [-0.3, -0.25) is 0 Å². The molecule has 0 fully saturated rings. The Labute approximate surface area is 106 Å². The fraction of sp³-hybridized carbons (Fsp3) is 0.308. The molecule has 2 aromatic rings. The maximum atomic E-state index is 6.14. The molecule has 2 rings (SSSR count). The molecule has 0 radical (unpaired) electrons. The summed E-state index contributed by atoms with van der Waals surface area (Å²) in [6.07, 6.45) is 0. The summed E-state index contributed by atoms with van der Waals surface area (Å²) < 4.78 is 1.82. The van der Waals surface area contributed by atoms with Crippen molar-refractivity contribution in [2.45, 2.75) is 20.8 Å². The van der Waals surface area contributed by atoms with E-state index in [0.717, 1.165) is 11.3 Å². The van der Waals surface area contributed by atoms with Crippen molar-refractivity contribution in [3.05, 3.63) is 34.0 Å². The van der Waals surface area contributed by atoms with Gasteiger partial charge in [-0.15, -0.1) is 0 Å². The van der Waals surface area contributed by atoms with E-state index in [4.69, 9.17) is 17.3 Å². The van der Waals surface area contributed by atoms with Gasteiger partial charge < -0.3 is 10.3 Å². The van der Waals surface area contributed by atoms with Gasteiger partial charge in [-0.05, 0) is 43.5 Å². The number of nitrogens with two attached hydrogens (primary N) is 1. The number of rotatable bonds is 1. The van der Waals surface area contributed by atoms with Crippen LogP contribution in [0, 0.1) is 20.8 Å². The summed E-state index contributed by atoms with van der Waals surface area (Å²) in [4.78, 5) is 4.09.